The van der Waals surface area contributed by atoms with Crippen LogP contribution in [0.2, 0.25) is 0 Å². The first-order chi connectivity index (χ1) is 10.6. The van der Waals surface area contributed by atoms with E-state index in [1.807, 2.05) is 12.1 Å². The van der Waals surface area contributed by atoms with Gasteiger partial charge in [-0.25, -0.2) is 8.78 Å². The van der Waals surface area contributed by atoms with Crippen LogP contribution in [-0.2, 0) is 6.54 Å². The molecule has 1 saturated heterocycles. The van der Waals surface area contributed by atoms with Crippen LogP contribution in [-0.4, -0.2) is 24.1 Å². The summed E-state index contributed by atoms with van der Waals surface area (Å²) in [6.07, 6.45) is -0.0109. The zero-order valence-electron chi connectivity index (χ0n) is 11.8. The normalized spacial score (nSPS) is 15.1. The molecule has 3 rings (SSSR count). The van der Waals surface area contributed by atoms with Gasteiger partial charge in [-0.2, -0.15) is 5.26 Å². The minimum atomic E-state index is -0.897. The predicted octanol–water partition coefficient (Wildman–Crippen LogP) is 3.10. The Bertz CT molecular complexity index is 704. The molecule has 0 N–H and O–H groups in total. The molecule has 0 atom stereocenters. The third-order valence-corrected chi connectivity index (χ3v) is 3.61. The van der Waals surface area contributed by atoms with Crippen LogP contribution in [0.25, 0.3) is 0 Å². The lowest BCUT2D eigenvalue weighted by molar-refractivity contribution is 0.0143. The molecule has 5 heteroatoms. The van der Waals surface area contributed by atoms with Gasteiger partial charge in [-0.1, -0.05) is 12.1 Å². The minimum absolute atomic E-state index is 0.0109. The van der Waals surface area contributed by atoms with Crippen molar-refractivity contribution in [3.8, 4) is 11.8 Å². The fraction of sp³-hybridized carbons (Fsp3) is 0.235. The van der Waals surface area contributed by atoms with Crippen LogP contribution in [0.1, 0.15) is 11.1 Å². The average molecular weight is 300 g/mol. The number of nitrogens with zero attached hydrogens (tertiary/aromatic N) is 2. The number of rotatable bonds is 4. The van der Waals surface area contributed by atoms with Gasteiger partial charge in [0.25, 0.3) is 0 Å². The van der Waals surface area contributed by atoms with Crippen LogP contribution in [0.15, 0.2) is 42.5 Å². The van der Waals surface area contributed by atoms with Crippen molar-refractivity contribution in [3.63, 3.8) is 0 Å². The average Bonchev–Trinajstić information content (AvgIpc) is 2.49. The SMILES string of the molecule is N#Cc1ccc(CN2CC(Oc3ccc(F)c(F)c3)C2)cc1. The first-order valence-electron chi connectivity index (χ1n) is 6.97. The van der Waals surface area contributed by atoms with E-state index in [1.165, 1.54) is 6.07 Å². The number of halogens is 2. The van der Waals surface area contributed by atoms with Crippen molar-refractivity contribution in [2.75, 3.05) is 13.1 Å². The van der Waals surface area contributed by atoms with Crippen molar-refractivity contribution in [3.05, 3.63) is 65.2 Å². The lowest BCUT2D eigenvalue weighted by Gasteiger charge is -2.39. The minimum Gasteiger partial charge on any atom is -0.488 e. The molecule has 22 heavy (non-hydrogen) atoms. The third-order valence-electron chi connectivity index (χ3n) is 3.61. The number of nitriles is 1. The van der Waals surface area contributed by atoms with Gasteiger partial charge in [0, 0.05) is 25.7 Å². The summed E-state index contributed by atoms with van der Waals surface area (Å²) >= 11 is 0. The Hall–Kier alpha value is -2.45. The number of benzene rings is 2. The van der Waals surface area contributed by atoms with Gasteiger partial charge in [0.15, 0.2) is 11.6 Å². The molecule has 1 fully saturated rings. The highest BCUT2D eigenvalue weighted by molar-refractivity contribution is 5.31. The second-order valence-electron chi connectivity index (χ2n) is 5.32. The van der Waals surface area contributed by atoms with Gasteiger partial charge in [0.1, 0.15) is 11.9 Å². The maximum Gasteiger partial charge on any atom is 0.162 e. The standard InChI is InChI=1S/C17H14F2N2O/c18-16-6-5-14(7-17(16)19)22-15-10-21(11-15)9-13-3-1-12(8-20)2-4-13/h1-7,15H,9-11H2. The highest BCUT2D eigenvalue weighted by Crippen LogP contribution is 2.21. The molecule has 0 radical (unpaired) electrons. The molecule has 0 aromatic heterocycles. The fourth-order valence-electron chi connectivity index (χ4n) is 2.41. The van der Waals surface area contributed by atoms with Crippen molar-refractivity contribution >= 4 is 0 Å². The molecule has 2 aromatic rings. The van der Waals surface area contributed by atoms with E-state index in [0.717, 1.165) is 37.3 Å². The smallest absolute Gasteiger partial charge is 0.162 e. The summed E-state index contributed by atoms with van der Waals surface area (Å²) < 4.78 is 31.5. The molecule has 0 unspecified atom stereocenters. The lowest BCUT2D eigenvalue weighted by atomic mass is 10.1. The summed E-state index contributed by atoms with van der Waals surface area (Å²) in [5.74, 6) is -1.42. The number of ether oxygens (including phenoxy) is 1. The highest BCUT2D eigenvalue weighted by atomic mass is 19.2. The zero-order valence-corrected chi connectivity index (χ0v) is 11.8. The maximum atomic E-state index is 13.1. The number of likely N-dealkylation sites (tertiary alicyclic amines) is 1. The molecule has 1 heterocycles. The third kappa shape index (κ3) is 3.23. The van der Waals surface area contributed by atoms with E-state index in [-0.39, 0.29) is 6.10 Å². The highest BCUT2D eigenvalue weighted by Gasteiger charge is 2.28. The van der Waals surface area contributed by atoms with Crippen LogP contribution in [0.5, 0.6) is 5.75 Å². The van der Waals surface area contributed by atoms with Gasteiger partial charge >= 0.3 is 0 Å². The monoisotopic (exact) mass is 300 g/mol. The molecule has 0 bridgehead atoms. The van der Waals surface area contributed by atoms with Crippen molar-refractivity contribution in [2.45, 2.75) is 12.6 Å². The second kappa shape index (κ2) is 6.12. The summed E-state index contributed by atoms with van der Waals surface area (Å²) in [4.78, 5) is 2.19. The first kappa shape index (κ1) is 14.5. The van der Waals surface area contributed by atoms with E-state index in [2.05, 4.69) is 11.0 Å². The van der Waals surface area contributed by atoms with E-state index in [1.54, 1.807) is 12.1 Å². The van der Waals surface area contributed by atoms with Gasteiger partial charge < -0.3 is 4.74 Å². The predicted molar refractivity (Wildman–Crippen MR) is 77.2 cm³/mol. The molecular weight excluding hydrogens is 286 g/mol. The van der Waals surface area contributed by atoms with E-state index in [4.69, 9.17) is 10.00 Å². The van der Waals surface area contributed by atoms with Crippen LogP contribution in [0.3, 0.4) is 0 Å². The van der Waals surface area contributed by atoms with Gasteiger partial charge in [-0.15, -0.1) is 0 Å². The second-order valence-corrected chi connectivity index (χ2v) is 5.32. The Balaban J connectivity index is 1.49. The summed E-state index contributed by atoms with van der Waals surface area (Å²) in [5.41, 5.74) is 1.78. The van der Waals surface area contributed by atoms with E-state index >= 15 is 0 Å². The first-order valence-corrected chi connectivity index (χ1v) is 6.97. The van der Waals surface area contributed by atoms with Crippen molar-refractivity contribution in [1.29, 1.82) is 5.26 Å². The Kier molecular flexibility index (Phi) is 4.03. The van der Waals surface area contributed by atoms with Crippen molar-refractivity contribution < 1.29 is 13.5 Å². The molecule has 1 aliphatic heterocycles. The zero-order chi connectivity index (χ0) is 15.5. The van der Waals surface area contributed by atoms with E-state index in [9.17, 15) is 8.78 Å². The van der Waals surface area contributed by atoms with Crippen molar-refractivity contribution in [2.24, 2.45) is 0 Å². The van der Waals surface area contributed by atoms with Crippen LogP contribution < -0.4 is 4.74 Å². The number of hydrogen-bond donors (Lipinski definition) is 0. The number of hydrogen-bond acceptors (Lipinski definition) is 3. The quantitative estimate of drug-likeness (QED) is 0.870. The summed E-state index contributed by atoms with van der Waals surface area (Å²) in [6, 6.07) is 13.1. The molecule has 1 aliphatic rings. The Labute approximate surface area is 127 Å². The molecule has 0 spiro atoms. The van der Waals surface area contributed by atoms with Gasteiger partial charge in [0.05, 0.1) is 11.6 Å². The molecule has 112 valence electrons. The molecule has 0 aliphatic carbocycles. The van der Waals surface area contributed by atoms with E-state index in [0.29, 0.717) is 11.3 Å². The summed E-state index contributed by atoms with van der Waals surface area (Å²) in [7, 11) is 0. The molecule has 2 aromatic carbocycles. The van der Waals surface area contributed by atoms with Gasteiger partial charge in [0.2, 0.25) is 0 Å². The van der Waals surface area contributed by atoms with Crippen molar-refractivity contribution in [1.82, 2.24) is 4.90 Å². The molecule has 0 saturated carbocycles. The van der Waals surface area contributed by atoms with E-state index < -0.39 is 11.6 Å². The molecular formula is C17H14F2N2O. The lowest BCUT2D eigenvalue weighted by Crippen LogP contribution is -2.53. The molecule has 3 nitrogen and oxygen atoms in total. The Morgan fingerprint density at radius 1 is 1.09 bits per heavy atom. The summed E-state index contributed by atoms with van der Waals surface area (Å²) in [5, 5.41) is 8.75. The van der Waals surface area contributed by atoms with Gasteiger partial charge in [-0.3, -0.25) is 4.90 Å². The summed E-state index contributed by atoms with van der Waals surface area (Å²) in [6.45, 7) is 2.25. The van der Waals surface area contributed by atoms with Crippen LogP contribution in [0, 0.1) is 23.0 Å². The van der Waals surface area contributed by atoms with Crippen LogP contribution in [0.4, 0.5) is 8.78 Å². The maximum absolute atomic E-state index is 13.1. The fourth-order valence-corrected chi connectivity index (χ4v) is 2.41. The Morgan fingerprint density at radius 3 is 2.45 bits per heavy atom. The topological polar surface area (TPSA) is 36.3 Å². The van der Waals surface area contributed by atoms with Gasteiger partial charge in [-0.05, 0) is 29.8 Å². The largest absolute Gasteiger partial charge is 0.488 e. The Morgan fingerprint density at radius 2 is 1.82 bits per heavy atom. The molecule has 0 amide bonds. The van der Waals surface area contributed by atoms with Crippen LogP contribution >= 0.6 is 0 Å².